The lowest BCUT2D eigenvalue weighted by Gasteiger charge is -2.40. The lowest BCUT2D eigenvalue weighted by molar-refractivity contribution is 0.290. The number of hydrogen-bond acceptors (Lipinski definition) is 6. The molecule has 0 saturated heterocycles. The summed E-state index contributed by atoms with van der Waals surface area (Å²) in [6.07, 6.45) is 9.76. The van der Waals surface area contributed by atoms with Crippen molar-refractivity contribution >= 4 is 45.7 Å². The van der Waals surface area contributed by atoms with E-state index in [-0.39, 0.29) is 5.54 Å². The van der Waals surface area contributed by atoms with Crippen LogP contribution in [0.3, 0.4) is 0 Å². The highest BCUT2D eigenvalue weighted by molar-refractivity contribution is 7.82. The maximum Gasteiger partial charge on any atom is 0.229 e. The zero-order valence-corrected chi connectivity index (χ0v) is 17.0. The van der Waals surface area contributed by atoms with Crippen LogP contribution in [-0.2, 0) is 16.5 Å². The maximum atomic E-state index is 11.4. The predicted octanol–water partition coefficient (Wildman–Crippen LogP) is 3.25. The first kappa shape index (κ1) is 18.3. The molecule has 1 fully saturated rings. The third-order valence-electron chi connectivity index (χ3n) is 5.83. The summed E-state index contributed by atoms with van der Waals surface area (Å²) in [5, 5.41) is 16.2. The second kappa shape index (κ2) is 6.93. The Balaban J connectivity index is 1.55. The molecule has 0 amide bonds. The van der Waals surface area contributed by atoms with Gasteiger partial charge in [-0.3, -0.25) is 9.58 Å². The van der Waals surface area contributed by atoms with Crippen molar-refractivity contribution in [3.63, 3.8) is 0 Å². The first-order valence-electron chi connectivity index (χ1n) is 9.77. The van der Waals surface area contributed by atoms with E-state index in [1.54, 1.807) is 12.1 Å². The van der Waals surface area contributed by atoms with Gasteiger partial charge < -0.3 is 5.32 Å². The summed E-state index contributed by atoms with van der Waals surface area (Å²) < 4.78 is 13.7. The molecule has 1 saturated carbocycles. The van der Waals surface area contributed by atoms with Crippen molar-refractivity contribution in [3.8, 4) is 0 Å². The van der Waals surface area contributed by atoms with E-state index >= 15 is 0 Å². The Labute approximate surface area is 171 Å². The van der Waals surface area contributed by atoms with Crippen molar-refractivity contribution < 1.29 is 4.21 Å². The monoisotopic (exact) mass is 409 g/mol. The molecule has 0 bridgehead atoms. The number of nitrogens with one attached hydrogen (secondary N) is 1. The van der Waals surface area contributed by atoms with Crippen molar-refractivity contribution in [1.82, 2.24) is 14.5 Å². The molecule has 9 heteroatoms. The van der Waals surface area contributed by atoms with Crippen molar-refractivity contribution in [1.29, 1.82) is 0 Å². The normalized spacial score (nSPS) is 18.8. The molecule has 1 unspecified atom stereocenters. The van der Waals surface area contributed by atoms with Crippen molar-refractivity contribution in [2.24, 2.45) is 10.2 Å². The zero-order valence-electron chi connectivity index (χ0n) is 16.2. The Morgan fingerprint density at radius 3 is 2.66 bits per heavy atom. The van der Waals surface area contributed by atoms with Gasteiger partial charge in [-0.15, -0.1) is 0 Å². The molecule has 29 heavy (non-hydrogen) atoms. The van der Waals surface area contributed by atoms with Crippen LogP contribution >= 0.6 is 0 Å². The van der Waals surface area contributed by atoms with Gasteiger partial charge in [0.1, 0.15) is 22.5 Å². The summed E-state index contributed by atoms with van der Waals surface area (Å²) in [4.78, 5) is 9.91. The summed E-state index contributed by atoms with van der Waals surface area (Å²) in [6, 6.07) is 9.23. The molecule has 1 aromatic carbocycles. The van der Waals surface area contributed by atoms with E-state index in [0.29, 0.717) is 10.8 Å². The standard InChI is InChI=1S/C20H23N7OS/c1-26-17-11-14-12-22-19(24-15-5-7-16(8-6-15)29(21)28)25-18(14)27(17)20(13-23-26)9-3-2-4-10-20/h5-8,11-13H,2-4,9-10,21H2,1H3,(H,22,24,25). The minimum atomic E-state index is -1.49. The molecule has 2 aromatic heterocycles. The fourth-order valence-corrected chi connectivity index (χ4v) is 4.75. The van der Waals surface area contributed by atoms with E-state index < -0.39 is 11.0 Å². The molecule has 1 atom stereocenters. The lowest BCUT2D eigenvalue weighted by atomic mass is 9.82. The summed E-state index contributed by atoms with van der Waals surface area (Å²) in [6.45, 7) is 0. The van der Waals surface area contributed by atoms with E-state index in [2.05, 4.69) is 32.3 Å². The van der Waals surface area contributed by atoms with E-state index in [0.717, 1.165) is 35.4 Å². The van der Waals surface area contributed by atoms with Crippen LogP contribution in [0.1, 0.15) is 32.1 Å². The molecular weight excluding hydrogens is 386 g/mol. The fraction of sp³-hybridized carbons (Fsp3) is 0.350. The summed E-state index contributed by atoms with van der Waals surface area (Å²) in [7, 11) is 0.477. The van der Waals surface area contributed by atoms with Gasteiger partial charge >= 0.3 is 0 Å². The summed E-state index contributed by atoms with van der Waals surface area (Å²) in [5.41, 5.74) is 1.62. The molecule has 150 valence electrons. The van der Waals surface area contributed by atoms with Crippen molar-refractivity contribution in [2.45, 2.75) is 42.5 Å². The molecule has 0 radical (unpaired) electrons. The van der Waals surface area contributed by atoms with E-state index in [4.69, 9.17) is 10.1 Å². The first-order valence-corrected chi connectivity index (χ1v) is 11.0. The molecule has 1 aliphatic carbocycles. The van der Waals surface area contributed by atoms with Gasteiger partial charge in [0.25, 0.3) is 0 Å². The van der Waals surface area contributed by atoms with Crippen LogP contribution in [-0.4, -0.2) is 32.0 Å². The van der Waals surface area contributed by atoms with Crippen molar-refractivity contribution in [2.75, 3.05) is 17.4 Å². The van der Waals surface area contributed by atoms with Crippen LogP contribution in [0.25, 0.3) is 11.0 Å². The van der Waals surface area contributed by atoms with Crippen LogP contribution in [0.5, 0.6) is 0 Å². The van der Waals surface area contributed by atoms with Crippen LogP contribution in [0.4, 0.5) is 17.5 Å². The highest BCUT2D eigenvalue weighted by atomic mass is 32.2. The second-order valence-corrected chi connectivity index (χ2v) is 8.76. The number of fused-ring (bicyclic) bond motifs is 4. The van der Waals surface area contributed by atoms with Crippen molar-refractivity contribution in [3.05, 3.63) is 36.5 Å². The fourth-order valence-electron chi connectivity index (χ4n) is 4.34. The minimum Gasteiger partial charge on any atom is -0.324 e. The maximum absolute atomic E-state index is 11.4. The number of benzene rings is 1. The number of aromatic nitrogens is 3. The Morgan fingerprint density at radius 2 is 1.93 bits per heavy atom. The van der Waals surface area contributed by atoms with Gasteiger partial charge in [0.05, 0.1) is 16.6 Å². The second-order valence-electron chi connectivity index (χ2n) is 7.69. The van der Waals surface area contributed by atoms with Crippen LogP contribution < -0.4 is 15.5 Å². The largest absolute Gasteiger partial charge is 0.324 e. The lowest BCUT2D eigenvalue weighted by Crippen LogP contribution is -2.42. The van der Waals surface area contributed by atoms with Crippen LogP contribution in [0.2, 0.25) is 0 Å². The summed E-state index contributed by atoms with van der Waals surface area (Å²) >= 11 is 0. The van der Waals surface area contributed by atoms with Gasteiger partial charge in [0.2, 0.25) is 5.95 Å². The molecule has 3 heterocycles. The third kappa shape index (κ3) is 3.10. The Hall–Kier alpha value is -2.78. The third-order valence-corrected chi connectivity index (χ3v) is 6.57. The highest BCUT2D eigenvalue weighted by Crippen LogP contribution is 2.42. The van der Waals surface area contributed by atoms with Gasteiger partial charge in [0, 0.05) is 24.3 Å². The highest BCUT2D eigenvalue weighted by Gasteiger charge is 2.38. The molecule has 3 N–H and O–H groups in total. The quantitative estimate of drug-likeness (QED) is 0.691. The molecule has 1 aliphatic heterocycles. The zero-order chi connectivity index (χ0) is 20.0. The first-order chi connectivity index (χ1) is 14.1. The topological polar surface area (TPSA) is 101 Å². The Bertz CT molecular complexity index is 1120. The Morgan fingerprint density at radius 1 is 1.17 bits per heavy atom. The van der Waals surface area contributed by atoms with Gasteiger partial charge in [0.15, 0.2) is 0 Å². The number of nitrogens with zero attached hydrogens (tertiary/aromatic N) is 5. The average molecular weight is 410 g/mol. The van der Waals surface area contributed by atoms with E-state index in [1.165, 1.54) is 19.3 Å². The van der Waals surface area contributed by atoms with E-state index in [1.807, 2.05) is 30.4 Å². The minimum absolute atomic E-state index is 0.111. The molecule has 2 aliphatic rings. The van der Waals surface area contributed by atoms with E-state index in [9.17, 15) is 4.21 Å². The summed E-state index contributed by atoms with van der Waals surface area (Å²) in [5.74, 6) is 1.57. The van der Waals surface area contributed by atoms with Gasteiger partial charge in [-0.25, -0.2) is 14.3 Å². The number of hydrogen-bond donors (Lipinski definition) is 2. The molecule has 1 spiro atoms. The van der Waals surface area contributed by atoms with Crippen LogP contribution in [0.15, 0.2) is 46.5 Å². The molecule has 5 rings (SSSR count). The molecule has 3 aromatic rings. The molecule has 8 nitrogen and oxygen atoms in total. The number of anilines is 3. The number of rotatable bonds is 3. The SMILES string of the molecule is CN1N=CC2(CCCCC2)n2c1cc1cnc(Nc3ccc(S(N)=O)cc3)nc12. The van der Waals surface area contributed by atoms with Gasteiger partial charge in [-0.1, -0.05) is 19.3 Å². The van der Waals surface area contributed by atoms with Gasteiger partial charge in [-0.05, 0) is 43.2 Å². The predicted molar refractivity (Wildman–Crippen MR) is 116 cm³/mol. The molecular formula is C20H23N7OS. The average Bonchev–Trinajstić information content (AvgIpc) is 3.13. The number of hydrazone groups is 1. The number of nitrogens with two attached hydrogens (primary N) is 1. The Kier molecular flexibility index (Phi) is 4.36. The van der Waals surface area contributed by atoms with Gasteiger partial charge in [-0.2, -0.15) is 10.1 Å². The smallest absolute Gasteiger partial charge is 0.229 e. The van der Waals surface area contributed by atoms with Crippen LogP contribution in [0, 0.1) is 0 Å².